The van der Waals surface area contributed by atoms with Gasteiger partial charge in [-0.1, -0.05) is 24.6 Å². The van der Waals surface area contributed by atoms with Gasteiger partial charge in [0.25, 0.3) is 0 Å². The smallest absolute Gasteiger partial charge is 0.216 e. The maximum atomic E-state index is 13.2. The van der Waals surface area contributed by atoms with Gasteiger partial charge >= 0.3 is 0 Å². The van der Waals surface area contributed by atoms with Gasteiger partial charge in [-0.3, -0.25) is 0 Å². The van der Waals surface area contributed by atoms with E-state index in [1.54, 1.807) is 25.3 Å². The Morgan fingerprint density at radius 1 is 1.33 bits per heavy atom. The van der Waals surface area contributed by atoms with E-state index in [0.29, 0.717) is 12.3 Å². The SMILES string of the molecule is CCNC(Cc1ccc(F)c(Cl)c1)c1cc(OC)ncn1. The maximum absolute atomic E-state index is 13.2. The predicted molar refractivity (Wildman–Crippen MR) is 80.1 cm³/mol. The van der Waals surface area contributed by atoms with Crippen LogP contribution in [0.25, 0.3) is 0 Å². The van der Waals surface area contributed by atoms with Gasteiger partial charge < -0.3 is 10.1 Å². The first-order chi connectivity index (χ1) is 10.1. The number of methoxy groups -OCH3 is 1. The summed E-state index contributed by atoms with van der Waals surface area (Å²) in [5.74, 6) is 0.101. The fraction of sp³-hybridized carbons (Fsp3) is 0.333. The van der Waals surface area contributed by atoms with Crippen molar-refractivity contribution in [3.05, 3.63) is 52.7 Å². The summed E-state index contributed by atoms with van der Waals surface area (Å²) in [5.41, 5.74) is 1.76. The number of nitrogens with one attached hydrogen (secondary N) is 1. The number of aromatic nitrogens is 2. The summed E-state index contributed by atoms with van der Waals surface area (Å²) in [5, 5.41) is 3.48. The normalized spacial score (nSPS) is 12.2. The first-order valence-electron chi connectivity index (χ1n) is 6.67. The molecule has 0 radical (unpaired) electrons. The van der Waals surface area contributed by atoms with Gasteiger partial charge in [0.15, 0.2) is 0 Å². The molecule has 0 saturated heterocycles. The fourth-order valence-electron chi connectivity index (χ4n) is 2.09. The van der Waals surface area contributed by atoms with E-state index in [0.717, 1.165) is 17.8 Å². The van der Waals surface area contributed by atoms with Crippen molar-refractivity contribution in [3.63, 3.8) is 0 Å². The number of nitrogens with zero attached hydrogens (tertiary/aromatic N) is 2. The number of hydrogen-bond acceptors (Lipinski definition) is 4. The van der Waals surface area contributed by atoms with Crippen molar-refractivity contribution >= 4 is 11.6 Å². The standard InChI is InChI=1S/C15H17ClFN3O/c1-3-18-13(14-8-15(21-2)20-9-19-14)7-10-4-5-12(17)11(16)6-10/h4-6,8-9,13,18H,3,7H2,1-2H3. The quantitative estimate of drug-likeness (QED) is 0.890. The van der Waals surface area contributed by atoms with Gasteiger partial charge in [0.05, 0.1) is 23.9 Å². The molecule has 1 heterocycles. The molecule has 1 N–H and O–H groups in total. The molecular formula is C15H17ClFN3O. The average molecular weight is 310 g/mol. The van der Waals surface area contributed by atoms with Gasteiger partial charge in [-0.25, -0.2) is 14.4 Å². The van der Waals surface area contributed by atoms with Crippen LogP contribution in [0.2, 0.25) is 5.02 Å². The minimum absolute atomic E-state index is 0.0200. The lowest BCUT2D eigenvalue weighted by atomic mass is 10.0. The zero-order chi connectivity index (χ0) is 15.2. The van der Waals surface area contributed by atoms with E-state index in [9.17, 15) is 4.39 Å². The Labute approximate surface area is 128 Å². The molecule has 2 aromatic rings. The minimum atomic E-state index is -0.413. The van der Waals surface area contributed by atoms with Gasteiger partial charge in [0.1, 0.15) is 12.1 Å². The summed E-state index contributed by atoms with van der Waals surface area (Å²) < 4.78 is 18.3. The third-order valence-corrected chi connectivity index (χ3v) is 3.39. The highest BCUT2D eigenvalue weighted by Gasteiger charge is 2.14. The van der Waals surface area contributed by atoms with Crippen LogP contribution in [0.5, 0.6) is 5.88 Å². The summed E-state index contributed by atoms with van der Waals surface area (Å²) in [7, 11) is 1.56. The first-order valence-corrected chi connectivity index (χ1v) is 7.05. The molecule has 112 valence electrons. The second-order valence-corrected chi connectivity index (χ2v) is 4.96. The molecule has 21 heavy (non-hydrogen) atoms. The van der Waals surface area contributed by atoms with Gasteiger partial charge in [-0.15, -0.1) is 0 Å². The molecule has 0 fully saturated rings. The summed E-state index contributed by atoms with van der Waals surface area (Å²) in [6.07, 6.45) is 2.12. The molecule has 1 aromatic carbocycles. The van der Waals surface area contributed by atoms with Crippen molar-refractivity contribution in [1.82, 2.24) is 15.3 Å². The molecular weight excluding hydrogens is 293 g/mol. The molecule has 0 bridgehead atoms. The van der Waals surface area contributed by atoms with Crippen molar-refractivity contribution in [3.8, 4) is 5.88 Å². The van der Waals surface area contributed by atoms with Crippen LogP contribution < -0.4 is 10.1 Å². The van der Waals surface area contributed by atoms with E-state index in [4.69, 9.17) is 16.3 Å². The minimum Gasteiger partial charge on any atom is -0.481 e. The summed E-state index contributed by atoms with van der Waals surface area (Å²) >= 11 is 5.83. The number of hydrogen-bond donors (Lipinski definition) is 1. The Hall–Kier alpha value is -1.72. The third-order valence-electron chi connectivity index (χ3n) is 3.10. The molecule has 0 saturated carbocycles. The lowest BCUT2D eigenvalue weighted by Gasteiger charge is -2.18. The molecule has 6 heteroatoms. The number of likely N-dealkylation sites (N-methyl/N-ethyl adjacent to an activating group) is 1. The van der Waals surface area contributed by atoms with E-state index in [1.807, 2.05) is 6.92 Å². The van der Waals surface area contributed by atoms with Crippen LogP contribution in [0.15, 0.2) is 30.6 Å². The van der Waals surface area contributed by atoms with Crippen molar-refractivity contribution in [2.24, 2.45) is 0 Å². The molecule has 0 spiro atoms. The van der Waals surface area contributed by atoms with Crippen molar-refractivity contribution in [2.45, 2.75) is 19.4 Å². The Morgan fingerprint density at radius 2 is 2.14 bits per heavy atom. The van der Waals surface area contributed by atoms with Crippen molar-refractivity contribution in [2.75, 3.05) is 13.7 Å². The molecule has 1 aromatic heterocycles. The number of halogens is 2. The van der Waals surface area contributed by atoms with E-state index >= 15 is 0 Å². The Kier molecular flexibility index (Phi) is 5.47. The van der Waals surface area contributed by atoms with Crippen LogP contribution >= 0.6 is 11.6 Å². The average Bonchev–Trinajstić information content (AvgIpc) is 2.50. The van der Waals surface area contributed by atoms with Gasteiger partial charge in [0, 0.05) is 6.07 Å². The van der Waals surface area contributed by atoms with Crippen LogP contribution in [0.1, 0.15) is 24.2 Å². The second kappa shape index (κ2) is 7.33. The van der Waals surface area contributed by atoms with E-state index in [-0.39, 0.29) is 11.1 Å². The van der Waals surface area contributed by atoms with E-state index in [2.05, 4.69) is 15.3 Å². The highest BCUT2D eigenvalue weighted by atomic mass is 35.5. The zero-order valence-corrected chi connectivity index (χ0v) is 12.7. The molecule has 0 aliphatic carbocycles. The van der Waals surface area contributed by atoms with Crippen molar-refractivity contribution in [1.29, 1.82) is 0 Å². The molecule has 4 nitrogen and oxygen atoms in total. The van der Waals surface area contributed by atoms with E-state index in [1.165, 1.54) is 12.4 Å². The lowest BCUT2D eigenvalue weighted by molar-refractivity contribution is 0.393. The van der Waals surface area contributed by atoms with Crippen LogP contribution in [0.3, 0.4) is 0 Å². The summed E-state index contributed by atoms with van der Waals surface area (Å²) in [6.45, 7) is 2.80. The molecule has 0 aliphatic heterocycles. The largest absolute Gasteiger partial charge is 0.481 e. The van der Waals surface area contributed by atoms with E-state index < -0.39 is 5.82 Å². The van der Waals surface area contributed by atoms with Gasteiger partial charge in [0.2, 0.25) is 5.88 Å². The molecule has 1 unspecified atom stereocenters. The maximum Gasteiger partial charge on any atom is 0.216 e. The highest BCUT2D eigenvalue weighted by Crippen LogP contribution is 2.22. The van der Waals surface area contributed by atoms with Crippen LogP contribution in [0, 0.1) is 5.82 Å². The summed E-state index contributed by atoms with van der Waals surface area (Å²) in [4.78, 5) is 8.28. The number of benzene rings is 1. The molecule has 2 rings (SSSR count). The summed E-state index contributed by atoms with van der Waals surface area (Å²) in [6, 6.07) is 6.51. The molecule has 1 atom stereocenters. The van der Waals surface area contributed by atoms with Crippen LogP contribution in [-0.2, 0) is 6.42 Å². The fourth-order valence-corrected chi connectivity index (χ4v) is 2.29. The van der Waals surface area contributed by atoms with Crippen LogP contribution in [0.4, 0.5) is 4.39 Å². The molecule has 0 aliphatic rings. The lowest BCUT2D eigenvalue weighted by Crippen LogP contribution is -2.24. The monoisotopic (exact) mass is 309 g/mol. The van der Waals surface area contributed by atoms with Gasteiger partial charge in [-0.05, 0) is 30.7 Å². The third kappa shape index (κ3) is 4.12. The molecule has 0 amide bonds. The predicted octanol–water partition coefficient (Wildman–Crippen LogP) is 3.17. The zero-order valence-electron chi connectivity index (χ0n) is 11.9. The Balaban J connectivity index is 2.23. The first kappa shape index (κ1) is 15.7. The van der Waals surface area contributed by atoms with Gasteiger partial charge in [-0.2, -0.15) is 0 Å². The van der Waals surface area contributed by atoms with Crippen molar-refractivity contribution < 1.29 is 9.13 Å². The highest BCUT2D eigenvalue weighted by molar-refractivity contribution is 6.30. The Morgan fingerprint density at radius 3 is 2.81 bits per heavy atom. The number of ether oxygens (including phenoxy) is 1. The second-order valence-electron chi connectivity index (χ2n) is 4.55. The topological polar surface area (TPSA) is 47.0 Å². The number of rotatable bonds is 6. The van der Waals surface area contributed by atoms with Crippen LogP contribution in [-0.4, -0.2) is 23.6 Å². The Bertz CT molecular complexity index is 609.